The molecule has 0 spiro atoms. The Labute approximate surface area is 131 Å². The second-order valence-electron chi connectivity index (χ2n) is 5.86. The summed E-state index contributed by atoms with van der Waals surface area (Å²) in [6, 6.07) is 2.64. The molecule has 0 unspecified atom stereocenters. The van der Waals surface area contributed by atoms with Crippen molar-refractivity contribution in [2.24, 2.45) is 0 Å². The molecule has 116 valence electrons. The van der Waals surface area contributed by atoms with E-state index in [4.69, 9.17) is 4.42 Å². The van der Waals surface area contributed by atoms with Crippen LogP contribution in [0.3, 0.4) is 0 Å². The first-order valence-electron chi connectivity index (χ1n) is 7.35. The van der Waals surface area contributed by atoms with E-state index in [1.165, 1.54) is 5.56 Å². The monoisotopic (exact) mass is 307 g/mol. The summed E-state index contributed by atoms with van der Waals surface area (Å²) in [6.07, 6.45) is 0. The Morgan fingerprint density at radius 3 is 2.71 bits per heavy atom. The van der Waals surface area contributed by atoms with Gasteiger partial charge in [0.15, 0.2) is 0 Å². The largest absolute Gasteiger partial charge is 0.465 e. The fourth-order valence-electron chi connectivity index (χ4n) is 2.23. The number of aromatic nitrogens is 1. The minimum atomic E-state index is 0.485. The van der Waals surface area contributed by atoms with Crippen molar-refractivity contribution in [2.45, 2.75) is 53.4 Å². The van der Waals surface area contributed by atoms with E-state index in [0.717, 1.165) is 41.9 Å². The van der Waals surface area contributed by atoms with Crippen molar-refractivity contribution in [3.63, 3.8) is 0 Å². The van der Waals surface area contributed by atoms with E-state index in [0.29, 0.717) is 6.04 Å². The van der Waals surface area contributed by atoms with Gasteiger partial charge in [-0.25, -0.2) is 4.98 Å². The molecule has 2 rings (SSSR count). The van der Waals surface area contributed by atoms with Crippen molar-refractivity contribution < 1.29 is 4.42 Å². The first-order chi connectivity index (χ1) is 9.94. The van der Waals surface area contributed by atoms with Crippen molar-refractivity contribution in [1.82, 2.24) is 15.2 Å². The van der Waals surface area contributed by atoms with E-state index in [9.17, 15) is 0 Å². The molecular formula is C16H25N3OS. The quantitative estimate of drug-likeness (QED) is 0.850. The Bertz CT molecular complexity index is 574. The maximum absolute atomic E-state index is 5.86. The Morgan fingerprint density at radius 1 is 1.33 bits per heavy atom. The molecule has 0 aliphatic heterocycles. The molecule has 2 heterocycles. The van der Waals surface area contributed by atoms with Gasteiger partial charge in [0.1, 0.15) is 11.5 Å². The zero-order valence-electron chi connectivity index (χ0n) is 13.6. The Balaban J connectivity index is 1.91. The Hall–Kier alpha value is -1.17. The van der Waals surface area contributed by atoms with Gasteiger partial charge in [-0.2, -0.15) is 0 Å². The highest BCUT2D eigenvalue weighted by molar-refractivity contribution is 7.09. The van der Waals surface area contributed by atoms with Crippen LogP contribution in [-0.2, 0) is 19.6 Å². The van der Waals surface area contributed by atoms with Crippen molar-refractivity contribution in [3.8, 4) is 0 Å². The van der Waals surface area contributed by atoms with E-state index in [1.54, 1.807) is 11.3 Å². The molecule has 2 aromatic heterocycles. The predicted octanol–water partition coefficient (Wildman–Crippen LogP) is 3.48. The van der Waals surface area contributed by atoms with Crippen molar-refractivity contribution >= 4 is 11.3 Å². The van der Waals surface area contributed by atoms with Gasteiger partial charge in [-0.1, -0.05) is 13.8 Å². The molecular weight excluding hydrogens is 282 g/mol. The topological polar surface area (TPSA) is 41.3 Å². The number of aryl methyl sites for hydroxylation is 2. The maximum atomic E-state index is 5.86. The molecule has 1 N–H and O–H groups in total. The van der Waals surface area contributed by atoms with Gasteiger partial charge in [0.2, 0.25) is 0 Å². The van der Waals surface area contributed by atoms with Crippen LogP contribution in [0.15, 0.2) is 15.9 Å². The molecule has 0 atom stereocenters. The zero-order chi connectivity index (χ0) is 15.4. The van der Waals surface area contributed by atoms with Gasteiger partial charge in [-0.3, -0.25) is 4.90 Å². The van der Waals surface area contributed by atoms with Crippen LogP contribution >= 0.6 is 11.3 Å². The van der Waals surface area contributed by atoms with Gasteiger partial charge in [0, 0.05) is 30.1 Å². The van der Waals surface area contributed by atoms with Crippen LogP contribution in [0.5, 0.6) is 0 Å². The van der Waals surface area contributed by atoms with Crippen LogP contribution in [0.25, 0.3) is 0 Å². The van der Waals surface area contributed by atoms with Crippen LogP contribution in [0.1, 0.15) is 41.6 Å². The summed E-state index contributed by atoms with van der Waals surface area (Å²) in [6.45, 7) is 10.9. The van der Waals surface area contributed by atoms with Gasteiger partial charge in [0.25, 0.3) is 0 Å². The molecule has 0 bridgehead atoms. The van der Waals surface area contributed by atoms with Gasteiger partial charge >= 0.3 is 0 Å². The molecule has 5 heteroatoms. The standard InChI is InChI=1S/C16H25N3OS/c1-11(2)17-7-14-6-16(20-12(14)3)9-19(5)8-15-10-21-13(4)18-15/h6,10-11,17H,7-9H2,1-5H3. The lowest BCUT2D eigenvalue weighted by molar-refractivity contribution is 0.282. The summed E-state index contributed by atoms with van der Waals surface area (Å²) in [5.74, 6) is 2.03. The van der Waals surface area contributed by atoms with Crippen molar-refractivity contribution in [1.29, 1.82) is 0 Å². The third kappa shape index (κ3) is 4.95. The number of nitrogens with zero attached hydrogens (tertiary/aromatic N) is 2. The number of furan rings is 1. The second-order valence-corrected chi connectivity index (χ2v) is 6.92. The third-order valence-corrected chi connectivity index (χ3v) is 4.12. The molecule has 0 fully saturated rings. The molecule has 0 radical (unpaired) electrons. The first-order valence-corrected chi connectivity index (χ1v) is 8.23. The number of rotatable bonds is 7. The predicted molar refractivity (Wildman–Crippen MR) is 87.4 cm³/mol. The molecule has 21 heavy (non-hydrogen) atoms. The van der Waals surface area contributed by atoms with Crippen LogP contribution in [-0.4, -0.2) is 23.0 Å². The Morgan fingerprint density at radius 2 is 2.10 bits per heavy atom. The first kappa shape index (κ1) is 16.2. The minimum Gasteiger partial charge on any atom is -0.465 e. The molecule has 0 aromatic carbocycles. The number of hydrogen-bond donors (Lipinski definition) is 1. The fourth-order valence-corrected chi connectivity index (χ4v) is 2.84. The number of thiazole rings is 1. The summed E-state index contributed by atoms with van der Waals surface area (Å²) in [5, 5.41) is 6.67. The minimum absolute atomic E-state index is 0.485. The van der Waals surface area contributed by atoms with E-state index >= 15 is 0 Å². The highest BCUT2D eigenvalue weighted by Crippen LogP contribution is 2.17. The van der Waals surface area contributed by atoms with Gasteiger partial charge in [0.05, 0.1) is 17.2 Å². The van der Waals surface area contributed by atoms with Crippen LogP contribution in [0.4, 0.5) is 0 Å². The van der Waals surface area contributed by atoms with Gasteiger partial charge in [-0.15, -0.1) is 11.3 Å². The lowest BCUT2D eigenvalue weighted by Gasteiger charge is -2.13. The highest BCUT2D eigenvalue weighted by Gasteiger charge is 2.11. The summed E-state index contributed by atoms with van der Waals surface area (Å²) in [7, 11) is 2.10. The summed E-state index contributed by atoms with van der Waals surface area (Å²) < 4.78 is 5.86. The third-order valence-electron chi connectivity index (χ3n) is 3.30. The second kappa shape index (κ2) is 7.20. The molecule has 0 amide bonds. The van der Waals surface area contributed by atoms with Crippen LogP contribution in [0, 0.1) is 13.8 Å². The molecule has 0 saturated carbocycles. The zero-order valence-corrected chi connectivity index (χ0v) is 14.4. The smallest absolute Gasteiger partial charge is 0.118 e. The summed E-state index contributed by atoms with van der Waals surface area (Å²) in [4.78, 5) is 6.73. The SMILES string of the molecule is Cc1nc(CN(C)Cc2cc(CNC(C)C)c(C)o2)cs1. The van der Waals surface area contributed by atoms with E-state index < -0.39 is 0 Å². The lowest BCUT2D eigenvalue weighted by Crippen LogP contribution is -2.21. The van der Waals surface area contributed by atoms with Gasteiger partial charge < -0.3 is 9.73 Å². The van der Waals surface area contributed by atoms with Crippen LogP contribution < -0.4 is 5.32 Å². The fraction of sp³-hybridized carbons (Fsp3) is 0.562. The van der Waals surface area contributed by atoms with E-state index in [2.05, 4.69) is 47.5 Å². The van der Waals surface area contributed by atoms with Crippen LogP contribution in [0.2, 0.25) is 0 Å². The molecule has 0 aliphatic rings. The van der Waals surface area contributed by atoms with Crippen molar-refractivity contribution in [2.75, 3.05) is 7.05 Å². The molecule has 0 saturated heterocycles. The average Bonchev–Trinajstić information content (AvgIpc) is 2.93. The van der Waals surface area contributed by atoms with Crippen molar-refractivity contribution in [3.05, 3.63) is 39.2 Å². The average molecular weight is 307 g/mol. The number of hydrogen-bond acceptors (Lipinski definition) is 5. The van der Waals surface area contributed by atoms with E-state index in [-0.39, 0.29) is 0 Å². The summed E-state index contributed by atoms with van der Waals surface area (Å²) >= 11 is 1.70. The normalized spacial score (nSPS) is 11.8. The van der Waals surface area contributed by atoms with Gasteiger partial charge in [-0.05, 0) is 27.0 Å². The number of nitrogens with one attached hydrogen (secondary N) is 1. The van der Waals surface area contributed by atoms with E-state index in [1.807, 2.05) is 13.8 Å². The molecule has 4 nitrogen and oxygen atoms in total. The lowest BCUT2D eigenvalue weighted by atomic mass is 10.2. The summed E-state index contributed by atoms with van der Waals surface area (Å²) in [5.41, 5.74) is 2.38. The Kier molecular flexibility index (Phi) is 5.56. The highest BCUT2D eigenvalue weighted by atomic mass is 32.1. The maximum Gasteiger partial charge on any atom is 0.118 e. The molecule has 0 aliphatic carbocycles. The molecule has 2 aromatic rings.